The Bertz CT molecular complexity index is 363. The molecule has 1 saturated carbocycles. The van der Waals surface area contributed by atoms with E-state index in [-0.39, 0.29) is 18.1 Å². The molecule has 0 aliphatic heterocycles. The molecule has 4 unspecified atom stereocenters. The molecule has 1 aliphatic carbocycles. The van der Waals surface area contributed by atoms with E-state index in [4.69, 9.17) is 4.74 Å². The second kappa shape index (κ2) is 9.22. The summed E-state index contributed by atoms with van der Waals surface area (Å²) in [6, 6.07) is 0. The fourth-order valence-electron chi connectivity index (χ4n) is 3.98. The highest BCUT2D eigenvalue weighted by molar-refractivity contribution is 4.93. The van der Waals surface area contributed by atoms with Crippen LogP contribution in [0.15, 0.2) is 11.6 Å². The van der Waals surface area contributed by atoms with Crippen LogP contribution in [0.5, 0.6) is 0 Å². The van der Waals surface area contributed by atoms with Gasteiger partial charge in [0.25, 0.3) is 0 Å². The predicted octanol–water partition coefficient (Wildman–Crippen LogP) is 5.74. The summed E-state index contributed by atoms with van der Waals surface area (Å²) in [5.74, 6) is 1.66. The van der Waals surface area contributed by atoms with E-state index in [0.29, 0.717) is 11.8 Å². The highest BCUT2D eigenvalue weighted by Gasteiger charge is 2.39. The van der Waals surface area contributed by atoms with Gasteiger partial charge in [0.2, 0.25) is 0 Å². The third kappa shape index (κ3) is 7.85. The summed E-state index contributed by atoms with van der Waals surface area (Å²) in [4.78, 5) is 0. The van der Waals surface area contributed by atoms with Gasteiger partial charge < -0.3 is 9.84 Å². The van der Waals surface area contributed by atoms with Crippen molar-refractivity contribution in [1.29, 1.82) is 0 Å². The molecule has 0 aromatic heterocycles. The lowest BCUT2D eigenvalue weighted by molar-refractivity contribution is -0.126. The topological polar surface area (TPSA) is 29.5 Å². The van der Waals surface area contributed by atoms with Crippen molar-refractivity contribution in [2.45, 2.75) is 105 Å². The van der Waals surface area contributed by atoms with E-state index in [1.54, 1.807) is 0 Å². The summed E-state index contributed by atoms with van der Waals surface area (Å²) >= 11 is 0. The fraction of sp³-hybridized carbons (Fsp3) is 0.905. The lowest BCUT2D eigenvalue weighted by atomic mass is 9.73. The quantitative estimate of drug-likeness (QED) is 0.577. The van der Waals surface area contributed by atoms with Crippen LogP contribution in [0.4, 0.5) is 0 Å². The van der Waals surface area contributed by atoms with Crippen LogP contribution in [0.3, 0.4) is 0 Å². The standard InChI is InChI=1S/C21H40O2/c1-15(2)9-8-10-16(3)13-18(5)23-20-14-17(4)11-12-19(20)21(6,7)22/h9,16-20,22H,8,10-14H2,1-7H3/t16?,17-,18?,19?,20?/m1/s1. The number of ether oxygens (including phenoxy) is 1. The molecule has 0 spiro atoms. The van der Waals surface area contributed by atoms with Crippen molar-refractivity contribution in [1.82, 2.24) is 0 Å². The van der Waals surface area contributed by atoms with Gasteiger partial charge in [-0.25, -0.2) is 0 Å². The van der Waals surface area contributed by atoms with Gasteiger partial charge in [-0.3, -0.25) is 0 Å². The Morgan fingerprint density at radius 2 is 1.91 bits per heavy atom. The SMILES string of the molecule is CC(C)=CCCC(C)CC(C)OC1C[C@H](C)CCC1C(C)(C)O. The van der Waals surface area contributed by atoms with Gasteiger partial charge in [-0.05, 0) is 78.6 Å². The molecule has 5 atom stereocenters. The molecule has 0 aromatic carbocycles. The third-order valence-corrected chi connectivity index (χ3v) is 5.31. The van der Waals surface area contributed by atoms with E-state index in [2.05, 4.69) is 40.7 Å². The largest absolute Gasteiger partial charge is 0.390 e. The average molecular weight is 325 g/mol. The molecular weight excluding hydrogens is 284 g/mol. The van der Waals surface area contributed by atoms with Crippen molar-refractivity contribution < 1.29 is 9.84 Å². The molecule has 1 aliphatic rings. The molecule has 0 radical (unpaired) electrons. The lowest BCUT2D eigenvalue weighted by Gasteiger charge is -2.42. The van der Waals surface area contributed by atoms with E-state index in [9.17, 15) is 5.11 Å². The van der Waals surface area contributed by atoms with Crippen LogP contribution in [0.1, 0.15) is 87.0 Å². The van der Waals surface area contributed by atoms with Crippen molar-refractivity contribution in [3.05, 3.63) is 11.6 Å². The number of rotatable bonds is 8. The van der Waals surface area contributed by atoms with E-state index in [1.807, 2.05) is 13.8 Å². The summed E-state index contributed by atoms with van der Waals surface area (Å²) in [7, 11) is 0. The zero-order valence-corrected chi connectivity index (χ0v) is 16.6. The second-order valence-corrected chi connectivity index (χ2v) is 8.86. The molecule has 23 heavy (non-hydrogen) atoms. The first-order valence-electron chi connectivity index (χ1n) is 9.60. The molecule has 0 bridgehead atoms. The molecule has 0 heterocycles. The Morgan fingerprint density at radius 1 is 1.26 bits per heavy atom. The van der Waals surface area contributed by atoms with Crippen LogP contribution >= 0.6 is 0 Å². The zero-order valence-electron chi connectivity index (χ0n) is 16.6. The minimum absolute atomic E-state index is 0.207. The fourth-order valence-corrected chi connectivity index (χ4v) is 3.98. The van der Waals surface area contributed by atoms with E-state index in [1.165, 1.54) is 24.8 Å². The normalized spacial score (nSPS) is 28.3. The summed E-state index contributed by atoms with van der Waals surface area (Å²) in [6.07, 6.45) is 9.70. The van der Waals surface area contributed by atoms with Crippen molar-refractivity contribution in [2.75, 3.05) is 0 Å². The Morgan fingerprint density at radius 3 is 2.48 bits per heavy atom. The van der Waals surface area contributed by atoms with E-state index in [0.717, 1.165) is 19.3 Å². The van der Waals surface area contributed by atoms with Crippen LogP contribution in [0.2, 0.25) is 0 Å². The highest BCUT2D eigenvalue weighted by atomic mass is 16.5. The Kier molecular flexibility index (Phi) is 8.30. The first-order valence-corrected chi connectivity index (χ1v) is 9.60. The van der Waals surface area contributed by atoms with Crippen molar-refractivity contribution in [2.24, 2.45) is 17.8 Å². The molecule has 1 N–H and O–H groups in total. The van der Waals surface area contributed by atoms with Crippen LogP contribution in [-0.4, -0.2) is 22.9 Å². The van der Waals surface area contributed by atoms with Crippen LogP contribution < -0.4 is 0 Å². The van der Waals surface area contributed by atoms with Crippen molar-refractivity contribution >= 4 is 0 Å². The molecular formula is C21H40O2. The zero-order chi connectivity index (χ0) is 17.6. The minimum atomic E-state index is -0.639. The lowest BCUT2D eigenvalue weighted by Crippen LogP contribution is -2.45. The van der Waals surface area contributed by atoms with Gasteiger partial charge in [-0.1, -0.05) is 31.9 Å². The molecule has 0 saturated heterocycles. The molecule has 136 valence electrons. The van der Waals surface area contributed by atoms with Gasteiger partial charge in [0, 0.05) is 5.92 Å². The Labute approximate surface area is 144 Å². The number of hydrogen-bond donors (Lipinski definition) is 1. The average Bonchev–Trinajstić information content (AvgIpc) is 2.36. The summed E-state index contributed by atoms with van der Waals surface area (Å²) in [5.41, 5.74) is 0.769. The highest BCUT2D eigenvalue weighted by Crippen LogP contribution is 2.38. The second-order valence-electron chi connectivity index (χ2n) is 8.86. The number of aliphatic hydroxyl groups is 1. The predicted molar refractivity (Wildman–Crippen MR) is 99.6 cm³/mol. The first-order chi connectivity index (χ1) is 10.6. The maximum absolute atomic E-state index is 10.5. The number of hydrogen-bond acceptors (Lipinski definition) is 2. The van der Waals surface area contributed by atoms with Gasteiger partial charge in [-0.2, -0.15) is 0 Å². The number of allylic oxidation sites excluding steroid dienone is 2. The minimum Gasteiger partial charge on any atom is -0.390 e. The summed E-state index contributed by atoms with van der Waals surface area (Å²) in [6.45, 7) is 15.1. The maximum Gasteiger partial charge on any atom is 0.0644 e. The molecule has 0 aromatic rings. The summed E-state index contributed by atoms with van der Waals surface area (Å²) in [5, 5.41) is 10.5. The molecule has 2 heteroatoms. The Balaban J connectivity index is 2.49. The Hall–Kier alpha value is -0.340. The molecule has 1 rings (SSSR count). The van der Waals surface area contributed by atoms with E-state index >= 15 is 0 Å². The van der Waals surface area contributed by atoms with Crippen LogP contribution in [-0.2, 0) is 4.74 Å². The van der Waals surface area contributed by atoms with Gasteiger partial charge in [0.15, 0.2) is 0 Å². The van der Waals surface area contributed by atoms with Gasteiger partial charge >= 0.3 is 0 Å². The van der Waals surface area contributed by atoms with Gasteiger partial charge in [0.05, 0.1) is 17.8 Å². The van der Waals surface area contributed by atoms with Crippen LogP contribution in [0.25, 0.3) is 0 Å². The van der Waals surface area contributed by atoms with Crippen LogP contribution in [0, 0.1) is 17.8 Å². The van der Waals surface area contributed by atoms with Gasteiger partial charge in [-0.15, -0.1) is 0 Å². The third-order valence-electron chi connectivity index (χ3n) is 5.31. The maximum atomic E-state index is 10.5. The molecule has 0 amide bonds. The first kappa shape index (κ1) is 20.7. The smallest absolute Gasteiger partial charge is 0.0644 e. The van der Waals surface area contributed by atoms with E-state index < -0.39 is 5.60 Å². The molecule has 1 fully saturated rings. The monoisotopic (exact) mass is 324 g/mol. The van der Waals surface area contributed by atoms with Crippen molar-refractivity contribution in [3.63, 3.8) is 0 Å². The van der Waals surface area contributed by atoms with Crippen molar-refractivity contribution in [3.8, 4) is 0 Å². The van der Waals surface area contributed by atoms with Gasteiger partial charge in [0.1, 0.15) is 0 Å². The molecule has 2 nitrogen and oxygen atoms in total. The summed E-state index contributed by atoms with van der Waals surface area (Å²) < 4.78 is 6.42.